The van der Waals surface area contributed by atoms with Crippen molar-refractivity contribution in [3.63, 3.8) is 0 Å². The van der Waals surface area contributed by atoms with Crippen LogP contribution in [0.25, 0.3) is 0 Å². The second-order valence-electron chi connectivity index (χ2n) is 5.90. The van der Waals surface area contributed by atoms with Crippen LogP contribution in [0.2, 0.25) is 0 Å². The van der Waals surface area contributed by atoms with Crippen molar-refractivity contribution in [2.45, 2.75) is 46.1 Å². The number of carboxylic acid groups (broad SMARTS) is 1. The molecule has 1 aromatic rings. The number of thiophene rings is 1. The number of carbonyl (C=O) groups excluding carboxylic acids is 2. The fourth-order valence-electron chi connectivity index (χ4n) is 2.88. The van der Waals surface area contributed by atoms with Crippen molar-refractivity contribution in [3.05, 3.63) is 16.0 Å². The molecular weight excluding hydrogens is 344 g/mol. The van der Waals surface area contributed by atoms with Crippen molar-refractivity contribution < 1.29 is 24.2 Å². The van der Waals surface area contributed by atoms with E-state index < -0.39 is 17.8 Å². The van der Waals surface area contributed by atoms with Crippen LogP contribution in [0.4, 0.5) is 5.00 Å². The van der Waals surface area contributed by atoms with Crippen molar-refractivity contribution in [1.29, 1.82) is 0 Å². The van der Waals surface area contributed by atoms with E-state index in [1.807, 2.05) is 0 Å². The number of anilines is 1. The molecule has 0 aliphatic carbocycles. The predicted molar refractivity (Wildman–Crippen MR) is 95.0 cm³/mol. The molecule has 0 unspecified atom stereocenters. The van der Waals surface area contributed by atoms with Gasteiger partial charge in [-0.05, 0) is 31.9 Å². The molecule has 0 saturated heterocycles. The van der Waals surface area contributed by atoms with E-state index in [-0.39, 0.29) is 19.4 Å². The predicted octanol–water partition coefficient (Wildman–Crippen LogP) is 2.50. The Bertz CT molecular complexity index is 656. The maximum absolute atomic E-state index is 12.4. The minimum atomic E-state index is -1.03. The molecular formula is C17H24N2O5S. The third-order valence-electron chi connectivity index (χ3n) is 3.97. The summed E-state index contributed by atoms with van der Waals surface area (Å²) >= 11 is 1.39. The maximum atomic E-state index is 12.4. The Balaban J connectivity index is 2.24. The first-order valence-corrected chi connectivity index (χ1v) is 9.33. The lowest BCUT2D eigenvalue weighted by atomic mass is 10.0. The van der Waals surface area contributed by atoms with Crippen LogP contribution < -0.4 is 5.32 Å². The van der Waals surface area contributed by atoms with Gasteiger partial charge < -0.3 is 15.2 Å². The molecule has 8 heteroatoms. The minimum Gasteiger partial charge on any atom is -0.481 e. The number of aliphatic carboxylic acids is 1. The van der Waals surface area contributed by atoms with Crippen LogP contribution in [0, 0.1) is 0 Å². The molecule has 2 rings (SSSR count). The van der Waals surface area contributed by atoms with Crippen molar-refractivity contribution in [1.82, 2.24) is 4.90 Å². The molecule has 0 saturated carbocycles. The fourth-order valence-corrected chi connectivity index (χ4v) is 4.17. The molecule has 0 atom stereocenters. The number of hydrogen-bond donors (Lipinski definition) is 2. The monoisotopic (exact) mass is 368 g/mol. The average Bonchev–Trinajstić information content (AvgIpc) is 2.90. The van der Waals surface area contributed by atoms with Crippen LogP contribution in [-0.2, 0) is 27.3 Å². The lowest BCUT2D eigenvalue weighted by Crippen LogP contribution is -2.30. The molecule has 0 fully saturated rings. The molecule has 25 heavy (non-hydrogen) atoms. The number of carboxylic acids is 1. The van der Waals surface area contributed by atoms with E-state index in [0.29, 0.717) is 10.6 Å². The lowest BCUT2D eigenvalue weighted by molar-refractivity contribution is -0.138. The Hall–Kier alpha value is -1.93. The summed E-state index contributed by atoms with van der Waals surface area (Å²) in [4.78, 5) is 38.4. The Kier molecular flexibility index (Phi) is 6.95. The summed E-state index contributed by atoms with van der Waals surface area (Å²) in [5.41, 5.74) is 1.38. The highest BCUT2D eigenvalue weighted by Gasteiger charge is 2.29. The van der Waals surface area contributed by atoms with E-state index in [1.54, 1.807) is 6.92 Å². The number of carbonyl (C=O) groups is 3. The van der Waals surface area contributed by atoms with E-state index in [0.717, 1.165) is 42.9 Å². The number of rotatable bonds is 8. The van der Waals surface area contributed by atoms with Crippen LogP contribution >= 0.6 is 11.3 Å². The van der Waals surface area contributed by atoms with Crippen LogP contribution in [0.3, 0.4) is 0 Å². The maximum Gasteiger partial charge on any atom is 0.341 e. The number of amides is 1. The standard InChI is InChI=1S/C17H24N2O5S/c1-3-8-19-9-7-11-12(10-19)25-16(15(11)17(23)24-4-2)18-13(20)5-6-14(21)22/h3-10H2,1-2H3,(H,18,20)(H,21,22). The van der Waals surface area contributed by atoms with E-state index >= 15 is 0 Å². The molecule has 2 heterocycles. The number of ether oxygens (including phenoxy) is 1. The van der Waals surface area contributed by atoms with Crippen LogP contribution in [0.1, 0.15) is 53.9 Å². The SMILES string of the molecule is CCCN1CCc2c(sc(NC(=O)CCC(=O)O)c2C(=O)OCC)C1. The average molecular weight is 368 g/mol. The number of esters is 1. The Morgan fingerprint density at radius 1 is 1.28 bits per heavy atom. The number of nitrogens with zero attached hydrogens (tertiary/aromatic N) is 1. The number of nitrogens with one attached hydrogen (secondary N) is 1. The second kappa shape index (κ2) is 8.96. The highest BCUT2D eigenvalue weighted by molar-refractivity contribution is 7.17. The topological polar surface area (TPSA) is 95.9 Å². The van der Waals surface area contributed by atoms with Gasteiger partial charge in [0.2, 0.25) is 5.91 Å². The van der Waals surface area contributed by atoms with Gasteiger partial charge in [0.25, 0.3) is 0 Å². The first-order valence-electron chi connectivity index (χ1n) is 8.51. The molecule has 0 aromatic carbocycles. The Morgan fingerprint density at radius 3 is 2.68 bits per heavy atom. The van der Waals surface area contributed by atoms with Gasteiger partial charge >= 0.3 is 11.9 Å². The molecule has 1 aliphatic heterocycles. The van der Waals surface area contributed by atoms with Gasteiger partial charge in [0.1, 0.15) is 5.00 Å². The first kappa shape index (κ1) is 19.4. The quantitative estimate of drug-likeness (QED) is 0.685. The Labute approximate surface area is 151 Å². The molecule has 1 aliphatic rings. The third kappa shape index (κ3) is 5.02. The summed E-state index contributed by atoms with van der Waals surface area (Å²) in [5, 5.41) is 11.9. The molecule has 0 spiro atoms. The molecule has 7 nitrogen and oxygen atoms in total. The molecule has 0 radical (unpaired) electrons. The lowest BCUT2D eigenvalue weighted by Gasteiger charge is -2.26. The van der Waals surface area contributed by atoms with Crippen molar-refractivity contribution in [3.8, 4) is 0 Å². The van der Waals surface area contributed by atoms with Crippen LogP contribution in [0.5, 0.6) is 0 Å². The summed E-state index contributed by atoms with van der Waals surface area (Å²) in [6.07, 6.45) is 1.44. The summed E-state index contributed by atoms with van der Waals surface area (Å²) in [7, 11) is 0. The van der Waals surface area contributed by atoms with Crippen molar-refractivity contribution >= 4 is 34.2 Å². The van der Waals surface area contributed by atoms with Gasteiger partial charge in [-0.25, -0.2) is 4.79 Å². The smallest absolute Gasteiger partial charge is 0.341 e. The van der Waals surface area contributed by atoms with E-state index in [9.17, 15) is 14.4 Å². The molecule has 0 bridgehead atoms. The largest absolute Gasteiger partial charge is 0.481 e. The molecule has 2 N–H and O–H groups in total. The molecule has 1 amide bonds. The molecule has 138 valence electrons. The Morgan fingerprint density at radius 2 is 2.04 bits per heavy atom. The van der Waals surface area contributed by atoms with E-state index in [1.165, 1.54) is 11.3 Å². The van der Waals surface area contributed by atoms with Gasteiger partial charge in [-0.3, -0.25) is 14.5 Å². The van der Waals surface area contributed by atoms with Gasteiger partial charge in [-0.15, -0.1) is 11.3 Å². The van der Waals surface area contributed by atoms with Gasteiger partial charge in [0, 0.05) is 24.4 Å². The minimum absolute atomic E-state index is 0.123. The summed E-state index contributed by atoms with van der Waals surface area (Å²) in [6.45, 7) is 6.75. The zero-order chi connectivity index (χ0) is 18.4. The van der Waals surface area contributed by atoms with E-state index in [2.05, 4.69) is 17.1 Å². The van der Waals surface area contributed by atoms with Gasteiger partial charge in [0.05, 0.1) is 18.6 Å². The first-order chi connectivity index (χ1) is 12.0. The van der Waals surface area contributed by atoms with Crippen molar-refractivity contribution in [2.75, 3.05) is 25.0 Å². The zero-order valence-electron chi connectivity index (χ0n) is 14.6. The summed E-state index contributed by atoms with van der Waals surface area (Å²) in [6, 6.07) is 0. The summed E-state index contributed by atoms with van der Waals surface area (Å²) in [5.74, 6) is -1.86. The normalized spacial score (nSPS) is 14.0. The highest BCUT2D eigenvalue weighted by atomic mass is 32.1. The fraction of sp³-hybridized carbons (Fsp3) is 0.588. The summed E-state index contributed by atoms with van der Waals surface area (Å²) < 4.78 is 5.16. The van der Waals surface area contributed by atoms with E-state index in [4.69, 9.17) is 9.84 Å². The van der Waals surface area contributed by atoms with Crippen LogP contribution in [-0.4, -0.2) is 47.5 Å². The van der Waals surface area contributed by atoms with Gasteiger partial charge in [-0.2, -0.15) is 0 Å². The number of fused-ring (bicyclic) bond motifs is 1. The second-order valence-corrected chi connectivity index (χ2v) is 7.00. The number of hydrogen-bond acceptors (Lipinski definition) is 6. The van der Waals surface area contributed by atoms with Crippen LogP contribution in [0.15, 0.2) is 0 Å². The van der Waals surface area contributed by atoms with Gasteiger partial charge in [0.15, 0.2) is 0 Å². The van der Waals surface area contributed by atoms with Crippen molar-refractivity contribution in [2.24, 2.45) is 0 Å². The highest BCUT2D eigenvalue weighted by Crippen LogP contribution is 2.37. The molecule has 1 aromatic heterocycles. The van der Waals surface area contributed by atoms with Gasteiger partial charge in [-0.1, -0.05) is 6.92 Å². The third-order valence-corrected chi connectivity index (χ3v) is 5.11. The zero-order valence-corrected chi connectivity index (χ0v) is 15.4.